The monoisotopic (exact) mass is 282 g/mol. The lowest BCUT2D eigenvalue weighted by Gasteiger charge is -2.46. The number of hydrogen-bond donors (Lipinski definition) is 2. The second-order valence-electron chi connectivity index (χ2n) is 7.16. The van der Waals surface area contributed by atoms with E-state index in [0.717, 1.165) is 57.3 Å². The van der Waals surface area contributed by atoms with Crippen LogP contribution in [-0.2, 0) is 9.47 Å². The van der Waals surface area contributed by atoms with Gasteiger partial charge in [-0.1, -0.05) is 19.8 Å². The zero-order valence-electron chi connectivity index (χ0n) is 12.8. The summed E-state index contributed by atoms with van der Waals surface area (Å²) in [4.78, 5) is 0. The Bertz CT molecular complexity index is 312. The number of nitrogens with two attached hydrogens (primary N) is 1. The van der Waals surface area contributed by atoms with E-state index in [1.165, 1.54) is 19.3 Å². The van der Waals surface area contributed by atoms with Gasteiger partial charge in [0.05, 0.1) is 5.60 Å². The van der Waals surface area contributed by atoms with E-state index in [1.807, 2.05) is 0 Å². The summed E-state index contributed by atoms with van der Waals surface area (Å²) in [5.41, 5.74) is 3.26. The van der Waals surface area contributed by atoms with Crippen LogP contribution in [0.1, 0.15) is 51.9 Å². The second-order valence-corrected chi connectivity index (χ2v) is 7.16. The normalized spacial score (nSPS) is 39.0. The van der Waals surface area contributed by atoms with Gasteiger partial charge in [0.1, 0.15) is 0 Å². The highest BCUT2D eigenvalue weighted by atomic mass is 16.5. The Balaban J connectivity index is 1.68. The third-order valence-electron chi connectivity index (χ3n) is 6.02. The van der Waals surface area contributed by atoms with Crippen LogP contribution in [0.5, 0.6) is 0 Å². The molecule has 4 unspecified atom stereocenters. The van der Waals surface area contributed by atoms with Gasteiger partial charge in [0.25, 0.3) is 0 Å². The summed E-state index contributed by atoms with van der Waals surface area (Å²) in [5, 5.41) is 0. The lowest BCUT2D eigenvalue weighted by atomic mass is 9.73. The van der Waals surface area contributed by atoms with E-state index in [-0.39, 0.29) is 5.60 Å². The molecule has 4 nitrogen and oxygen atoms in total. The summed E-state index contributed by atoms with van der Waals surface area (Å²) in [6.07, 6.45) is 8.50. The first-order chi connectivity index (χ1) is 9.74. The van der Waals surface area contributed by atoms with E-state index in [2.05, 4.69) is 12.3 Å². The number of rotatable bonds is 3. The number of ether oxygens (including phenoxy) is 2. The van der Waals surface area contributed by atoms with E-state index >= 15 is 0 Å². The minimum absolute atomic E-state index is 0.0815. The fourth-order valence-electron chi connectivity index (χ4n) is 4.78. The highest BCUT2D eigenvalue weighted by Gasteiger charge is 2.44. The van der Waals surface area contributed by atoms with Crippen molar-refractivity contribution in [1.82, 2.24) is 5.43 Å². The fraction of sp³-hybridized carbons (Fsp3) is 1.00. The van der Waals surface area contributed by atoms with Gasteiger partial charge in [-0.2, -0.15) is 0 Å². The molecule has 20 heavy (non-hydrogen) atoms. The smallest absolute Gasteiger partial charge is 0.0729 e. The predicted octanol–water partition coefficient (Wildman–Crippen LogP) is 2.23. The predicted molar refractivity (Wildman–Crippen MR) is 79.1 cm³/mol. The molecule has 2 heterocycles. The van der Waals surface area contributed by atoms with Gasteiger partial charge >= 0.3 is 0 Å². The Labute approximate surface area is 122 Å². The molecule has 3 fully saturated rings. The third-order valence-corrected chi connectivity index (χ3v) is 6.02. The maximum atomic E-state index is 6.17. The second kappa shape index (κ2) is 6.30. The molecule has 0 bridgehead atoms. The zero-order chi connectivity index (χ0) is 14.0. The summed E-state index contributed by atoms with van der Waals surface area (Å²) < 4.78 is 11.7. The topological polar surface area (TPSA) is 56.5 Å². The standard InChI is InChI=1S/C16H30N2O2/c1-12-3-2-4-14(12)15(18-17)13-5-8-20-16(11-13)6-9-19-10-7-16/h12-15,18H,2-11,17H2,1H3. The third kappa shape index (κ3) is 2.89. The van der Waals surface area contributed by atoms with Gasteiger partial charge in [-0.3, -0.25) is 11.3 Å². The van der Waals surface area contributed by atoms with E-state index in [1.54, 1.807) is 0 Å². The molecule has 4 heteroatoms. The van der Waals surface area contributed by atoms with E-state index in [4.69, 9.17) is 15.3 Å². The van der Waals surface area contributed by atoms with Gasteiger partial charge in [-0.05, 0) is 49.9 Å². The van der Waals surface area contributed by atoms with Crippen molar-refractivity contribution in [3.63, 3.8) is 0 Å². The highest BCUT2D eigenvalue weighted by molar-refractivity contribution is 4.96. The van der Waals surface area contributed by atoms with Gasteiger partial charge in [0.2, 0.25) is 0 Å². The van der Waals surface area contributed by atoms with Crippen LogP contribution in [0.25, 0.3) is 0 Å². The molecule has 1 aliphatic carbocycles. The number of hydrazine groups is 1. The van der Waals surface area contributed by atoms with Crippen LogP contribution < -0.4 is 11.3 Å². The first-order valence-corrected chi connectivity index (χ1v) is 8.42. The van der Waals surface area contributed by atoms with Gasteiger partial charge in [0, 0.05) is 25.9 Å². The van der Waals surface area contributed by atoms with Crippen LogP contribution in [0.3, 0.4) is 0 Å². The lowest BCUT2D eigenvalue weighted by Crippen LogP contribution is -2.53. The molecular formula is C16H30N2O2. The Kier molecular flexibility index (Phi) is 4.65. The molecule has 0 radical (unpaired) electrons. The van der Waals surface area contributed by atoms with Crippen molar-refractivity contribution in [3.8, 4) is 0 Å². The molecular weight excluding hydrogens is 252 g/mol. The Morgan fingerprint density at radius 3 is 2.60 bits per heavy atom. The van der Waals surface area contributed by atoms with Crippen molar-refractivity contribution in [3.05, 3.63) is 0 Å². The summed E-state index contributed by atoms with van der Waals surface area (Å²) in [6.45, 7) is 5.00. The SMILES string of the molecule is CC1CCCC1C(NN)C1CCOC2(CCOCC2)C1. The average molecular weight is 282 g/mol. The molecule has 2 aliphatic heterocycles. The first kappa shape index (κ1) is 14.8. The average Bonchev–Trinajstić information content (AvgIpc) is 2.87. The molecule has 2 saturated heterocycles. The van der Waals surface area contributed by atoms with Crippen LogP contribution >= 0.6 is 0 Å². The summed E-state index contributed by atoms with van der Waals surface area (Å²) >= 11 is 0. The van der Waals surface area contributed by atoms with E-state index < -0.39 is 0 Å². The van der Waals surface area contributed by atoms with Crippen molar-refractivity contribution in [1.29, 1.82) is 0 Å². The highest BCUT2D eigenvalue weighted by Crippen LogP contribution is 2.43. The molecule has 3 aliphatic rings. The minimum Gasteiger partial charge on any atom is -0.381 e. The van der Waals surface area contributed by atoms with Crippen molar-refractivity contribution in [2.45, 2.75) is 63.5 Å². The quantitative estimate of drug-likeness (QED) is 0.615. The van der Waals surface area contributed by atoms with Gasteiger partial charge in [-0.15, -0.1) is 0 Å². The van der Waals surface area contributed by atoms with Crippen LogP contribution in [0.2, 0.25) is 0 Å². The molecule has 4 atom stereocenters. The Hall–Kier alpha value is -0.160. The Morgan fingerprint density at radius 2 is 1.95 bits per heavy atom. The molecule has 3 rings (SSSR count). The lowest BCUT2D eigenvalue weighted by molar-refractivity contribution is -0.152. The largest absolute Gasteiger partial charge is 0.381 e. The molecule has 0 aromatic carbocycles. The summed E-state index contributed by atoms with van der Waals surface area (Å²) in [7, 11) is 0. The zero-order valence-corrected chi connectivity index (χ0v) is 12.8. The molecule has 0 aromatic rings. The van der Waals surface area contributed by atoms with Gasteiger partial charge < -0.3 is 9.47 Å². The van der Waals surface area contributed by atoms with Gasteiger partial charge in [-0.25, -0.2) is 0 Å². The first-order valence-electron chi connectivity index (χ1n) is 8.42. The molecule has 1 saturated carbocycles. The van der Waals surface area contributed by atoms with Crippen molar-refractivity contribution >= 4 is 0 Å². The maximum Gasteiger partial charge on any atom is 0.0729 e. The molecule has 1 spiro atoms. The number of nitrogens with one attached hydrogen (secondary N) is 1. The van der Waals surface area contributed by atoms with E-state index in [9.17, 15) is 0 Å². The fourth-order valence-corrected chi connectivity index (χ4v) is 4.78. The van der Waals surface area contributed by atoms with E-state index in [0.29, 0.717) is 12.0 Å². The Morgan fingerprint density at radius 1 is 1.15 bits per heavy atom. The molecule has 0 amide bonds. The van der Waals surface area contributed by atoms with Crippen molar-refractivity contribution in [2.75, 3.05) is 19.8 Å². The maximum absolute atomic E-state index is 6.17. The van der Waals surface area contributed by atoms with Crippen LogP contribution in [0.15, 0.2) is 0 Å². The van der Waals surface area contributed by atoms with Crippen molar-refractivity contribution in [2.24, 2.45) is 23.6 Å². The summed E-state index contributed by atoms with van der Waals surface area (Å²) in [5.74, 6) is 8.17. The minimum atomic E-state index is 0.0815. The molecule has 3 N–H and O–H groups in total. The number of hydrogen-bond acceptors (Lipinski definition) is 4. The summed E-state index contributed by atoms with van der Waals surface area (Å²) in [6, 6.07) is 0.469. The van der Waals surface area contributed by atoms with Crippen molar-refractivity contribution < 1.29 is 9.47 Å². The molecule has 116 valence electrons. The van der Waals surface area contributed by atoms with Crippen LogP contribution in [0, 0.1) is 17.8 Å². The van der Waals surface area contributed by atoms with Crippen LogP contribution in [0.4, 0.5) is 0 Å². The van der Waals surface area contributed by atoms with Crippen LogP contribution in [-0.4, -0.2) is 31.5 Å². The molecule has 0 aromatic heterocycles. The van der Waals surface area contributed by atoms with Gasteiger partial charge in [0.15, 0.2) is 0 Å².